The van der Waals surface area contributed by atoms with Gasteiger partial charge < -0.3 is 15.4 Å². The molecule has 1 aromatic carbocycles. The van der Waals surface area contributed by atoms with Crippen molar-refractivity contribution in [1.82, 2.24) is 14.9 Å². The number of hydrogen-bond acceptors (Lipinski definition) is 3. The lowest BCUT2D eigenvalue weighted by molar-refractivity contribution is -0.142. The van der Waals surface area contributed by atoms with Gasteiger partial charge in [-0.25, -0.2) is 4.79 Å². The quantitative estimate of drug-likeness (QED) is 0.703. The number of aromatic nitrogens is 2. The summed E-state index contributed by atoms with van der Waals surface area (Å²) in [5, 5.41) is 12.4. The molecule has 0 radical (unpaired) electrons. The summed E-state index contributed by atoms with van der Waals surface area (Å²) in [6.07, 6.45) is 8.36. The Kier molecular flexibility index (Phi) is 5.24. The number of aromatic amines is 1. The molecule has 2 atom stereocenters. The fourth-order valence-corrected chi connectivity index (χ4v) is 4.82. The van der Waals surface area contributed by atoms with Gasteiger partial charge in [-0.05, 0) is 43.9 Å². The number of rotatable bonds is 4. The number of amides is 1. The largest absolute Gasteiger partial charge is 0.481 e. The topological polar surface area (TPSA) is 104 Å². The lowest BCUT2D eigenvalue weighted by Crippen LogP contribution is -2.42. The summed E-state index contributed by atoms with van der Waals surface area (Å²) < 4.78 is 1.82. The molecule has 4 rings (SSSR count). The minimum Gasteiger partial charge on any atom is -0.481 e. The molecule has 7 nitrogen and oxygen atoms in total. The lowest BCUT2D eigenvalue weighted by atomic mass is 9.94. The maximum absolute atomic E-state index is 12.8. The Balaban J connectivity index is 1.57. The highest BCUT2D eigenvalue weighted by Crippen LogP contribution is 2.31. The van der Waals surface area contributed by atoms with Crippen LogP contribution in [0.2, 0.25) is 0 Å². The first kappa shape index (κ1) is 18.8. The Bertz CT molecular complexity index is 939. The van der Waals surface area contributed by atoms with Crippen molar-refractivity contribution in [2.24, 2.45) is 5.92 Å². The third-order valence-electron chi connectivity index (χ3n) is 6.32. The van der Waals surface area contributed by atoms with Crippen LogP contribution < -0.4 is 11.0 Å². The predicted octanol–water partition coefficient (Wildman–Crippen LogP) is 3.21. The first-order valence-electron chi connectivity index (χ1n) is 10.3. The molecule has 0 aliphatic heterocycles. The molecule has 2 aliphatic carbocycles. The second-order valence-electron chi connectivity index (χ2n) is 8.13. The molecular weight excluding hydrogens is 358 g/mol. The number of carbonyl (C=O) groups excluding carboxylic acids is 1. The van der Waals surface area contributed by atoms with Crippen molar-refractivity contribution in [2.75, 3.05) is 0 Å². The number of carboxylic acid groups (broad SMARTS) is 1. The van der Waals surface area contributed by atoms with Crippen molar-refractivity contribution >= 4 is 22.9 Å². The monoisotopic (exact) mass is 385 g/mol. The molecule has 0 unspecified atom stereocenters. The third-order valence-corrected chi connectivity index (χ3v) is 6.32. The summed E-state index contributed by atoms with van der Waals surface area (Å²) in [4.78, 5) is 39.7. The van der Waals surface area contributed by atoms with Crippen molar-refractivity contribution in [2.45, 2.75) is 69.9 Å². The van der Waals surface area contributed by atoms with Gasteiger partial charge in [-0.1, -0.05) is 32.1 Å². The highest BCUT2D eigenvalue weighted by atomic mass is 16.4. The first-order chi connectivity index (χ1) is 13.5. The van der Waals surface area contributed by atoms with Crippen LogP contribution in [-0.2, 0) is 4.79 Å². The van der Waals surface area contributed by atoms with Gasteiger partial charge in [0.15, 0.2) is 0 Å². The van der Waals surface area contributed by atoms with Crippen LogP contribution >= 0.6 is 0 Å². The van der Waals surface area contributed by atoms with Crippen LogP contribution in [0.4, 0.5) is 0 Å². The molecule has 7 heteroatoms. The van der Waals surface area contributed by atoms with Gasteiger partial charge in [0.05, 0.1) is 17.0 Å². The fraction of sp³-hybridized carbons (Fsp3) is 0.571. The minimum absolute atomic E-state index is 0.130. The van der Waals surface area contributed by atoms with Crippen molar-refractivity contribution < 1.29 is 14.7 Å². The zero-order valence-corrected chi connectivity index (χ0v) is 15.9. The molecule has 3 N–H and O–H groups in total. The molecule has 0 spiro atoms. The number of fused-ring (bicyclic) bond motifs is 1. The average molecular weight is 385 g/mol. The molecule has 28 heavy (non-hydrogen) atoms. The SMILES string of the molecule is O=C(N[C@H]1CCCCC[C@H]1C(=O)O)c1ccc2c(c1)[nH]c(=O)n2C1CCCC1. The Hall–Kier alpha value is -2.57. The Morgan fingerprint density at radius 2 is 1.75 bits per heavy atom. The standard InChI is InChI=1S/C21H27N3O4/c25-19(22-16-9-3-1-2-8-15(16)20(26)27)13-10-11-18-17(12-13)23-21(28)24(18)14-6-4-5-7-14/h10-12,14-16H,1-9H2,(H,22,25)(H,23,28)(H,26,27)/t15-,16+/m1/s1. The third kappa shape index (κ3) is 3.57. The van der Waals surface area contributed by atoms with Gasteiger partial charge in [-0.2, -0.15) is 0 Å². The number of nitrogens with zero attached hydrogens (tertiary/aromatic N) is 1. The number of carboxylic acids is 1. The average Bonchev–Trinajstić information content (AvgIpc) is 3.22. The van der Waals surface area contributed by atoms with Crippen LogP contribution in [0.25, 0.3) is 11.0 Å². The maximum atomic E-state index is 12.8. The molecule has 1 heterocycles. The van der Waals surface area contributed by atoms with E-state index >= 15 is 0 Å². The second kappa shape index (κ2) is 7.81. The molecule has 2 fully saturated rings. The molecular formula is C21H27N3O4. The van der Waals surface area contributed by atoms with Crippen molar-refractivity contribution in [3.8, 4) is 0 Å². The Labute approximate surface area is 163 Å². The summed E-state index contributed by atoms with van der Waals surface area (Å²) in [6, 6.07) is 5.11. The number of imidazole rings is 1. The van der Waals surface area contributed by atoms with Crippen LogP contribution in [0.15, 0.2) is 23.0 Å². The van der Waals surface area contributed by atoms with E-state index in [4.69, 9.17) is 0 Å². The van der Waals surface area contributed by atoms with E-state index in [1.54, 1.807) is 12.1 Å². The van der Waals surface area contributed by atoms with Crippen LogP contribution in [0.5, 0.6) is 0 Å². The van der Waals surface area contributed by atoms with Gasteiger partial charge in [-0.15, -0.1) is 0 Å². The summed E-state index contributed by atoms with van der Waals surface area (Å²) in [6.45, 7) is 0. The molecule has 2 aliphatic rings. The van der Waals surface area contributed by atoms with E-state index in [-0.39, 0.29) is 23.7 Å². The van der Waals surface area contributed by atoms with E-state index in [1.807, 2.05) is 10.6 Å². The molecule has 150 valence electrons. The van der Waals surface area contributed by atoms with Crippen LogP contribution in [-0.4, -0.2) is 32.6 Å². The van der Waals surface area contributed by atoms with Crippen LogP contribution in [0, 0.1) is 5.92 Å². The van der Waals surface area contributed by atoms with Gasteiger partial charge in [0.1, 0.15) is 0 Å². The van der Waals surface area contributed by atoms with E-state index in [0.29, 0.717) is 23.9 Å². The van der Waals surface area contributed by atoms with E-state index in [0.717, 1.165) is 50.5 Å². The first-order valence-corrected chi connectivity index (χ1v) is 10.3. The van der Waals surface area contributed by atoms with E-state index in [2.05, 4.69) is 10.3 Å². The van der Waals surface area contributed by atoms with Crippen molar-refractivity contribution in [3.63, 3.8) is 0 Å². The number of aliphatic carboxylic acids is 1. The zero-order valence-electron chi connectivity index (χ0n) is 15.9. The van der Waals surface area contributed by atoms with Gasteiger partial charge in [0.25, 0.3) is 5.91 Å². The second-order valence-corrected chi connectivity index (χ2v) is 8.13. The van der Waals surface area contributed by atoms with Crippen LogP contribution in [0.1, 0.15) is 74.2 Å². The maximum Gasteiger partial charge on any atom is 0.326 e. The van der Waals surface area contributed by atoms with Gasteiger partial charge in [0, 0.05) is 17.6 Å². The summed E-state index contributed by atoms with van der Waals surface area (Å²) in [5.41, 5.74) is 1.79. The summed E-state index contributed by atoms with van der Waals surface area (Å²) in [7, 11) is 0. The van der Waals surface area contributed by atoms with Gasteiger partial charge >= 0.3 is 11.7 Å². The Morgan fingerprint density at radius 1 is 1.04 bits per heavy atom. The van der Waals surface area contributed by atoms with Gasteiger partial charge in [0.2, 0.25) is 0 Å². The minimum atomic E-state index is -0.847. The lowest BCUT2D eigenvalue weighted by Gasteiger charge is -2.23. The molecule has 2 saturated carbocycles. The molecule has 1 amide bonds. The zero-order chi connectivity index (χ0) is 19.7. The van der Waals surface area contributed by atoms with Crippen molar-refractivity contribution in [3.05, 3.63) is 34.2 Å². The fourth-order valence-electron chi connectivity index (χ4n) is 4.82. The molecule has 0 bridgehead atoms. The van der Waals surface area contributed by atoms with Crippen LogP contribution in [0.3, 0.4) is 0 Å². The number of benzene rings is 1. The smallest absolute Gasteiger partial charge is 0.326 e. The highest BCUT2D eigenvalue weighted by molar-refractivity contribution is 5.97. The molecule has 0 saturated heterocycles. The predicted molar refractivity (Wildman–Crippen MR) is 106 cm³/mol. The van der Waals surface area contributed by atoms with Gasteiger partial charge in [-0.3, -0.25) is 14.2 Å². The van der Waals surface area contributed by atoms with Crippen molar-refractivity contribution in [1.29, 1.82) is 0 Å². The number of carbonyl (C=O) groups is 2. The van der Waals surface area contributed by atoms with E-state index in [1.165, 1.54) is 0 Å². The number of nitrogens with one attached hydrogen (secondary N) is 2. The highest BCUT2D eigenvalue weighted by Gasteiger charge is 2.31. The molecule has 2 aromatic rings. The van der Waals surface area contributed by atoms with E-state index < -0.39 is 11.9 Å². The summed E-state index contributed by atoms with van der Waals surface area (Å²) >= 11 is 0. The summed E-state index contributed by atoms with van der Waals surface area (Å²) in [5.74, 6) is -1.67. The normalized spacial score (nSPS) is 23.6. The molecule has 1 aromatic heterocycles. The Morgan fingerprint density at radius 3 is 2.50 bits per heavy atom. The number of hydrogen-bond donors (Lipinski definition) is 3. The van der Waals surface area contributed by atoms with E-state index in [9.17, 15) is 19.5 Å². The number of H-pyrrole nitrogens is 1.